The standard InChI is InChI=1S/C14H17ClFNO3/c1-19-14(18)7-12-9-17(4-5-20-12)8-10-2-3-11(16)6-13(10)15/h2-3,6,12H,4-5,7-9H2,1H3. The molecule has 1 heterocycles. The van der Waals surface area contributed by atoms with Crippen molar-refractivity contribution < 1.29 is 18.7 Å². The third kappa shape index (κ3) is 4.16. The zero-order valence-corrected chi connectivity index (χ0v) is 12.0. The molecule has 0 bridgehead atoms. The van der Waals surface area contributed by atoms with Crippen molar-refractivity contribution in [1.82, 2.24) is 4.90 Å². The number of hydrogen-bond acceptors (Lipinski definition) is 4. The first-order valence-electron chi connectivity index (χ1n) is 6.43. The van der Waals surface area contributed by atoms with Crippen molar-refractivity contribution in [2.75, 3.05) is 26.8 Å². The largest absolute Gasteiger partial charge is 0.469 e. The number of ether oxygens (including phenoxy) is 2. The Kier molecular flexibility index (Phi) is 5.34. The third-order valence-corrected chi connectivity index (χ3v) is 3.61. The maximum absolute atomic E-state index is 13.0. The molecule has 0 aromatic heterocycles. The summed E-state index contributed by atoms with van der Waals surface area (Å²) in [5, 5.41) is 0.418. The summed E-state index contributed by atoms with van der Waals surface area (Å²) in [7, 11) is 1.36. The monoisotopic (exact) mass is 301 g/mol. The number of hydrogen-bond donors (Lipinski definition) is 0. The summed E-state index contributed by atoms with van der Waals surface area (Å²) in [6.45, 7) is 2.55. The number of carbonyl (C=O) groups is 1. The van der Waals surface area contributed by atoms with Crippen molar-refractivity contribution in [2.45, 2.75) is 19.1 Å². The van der Waals surface area contributed by atoms with Crippen molar-refractivity contribution in [3.63, 3.8) is 0 Å². The molecule has 0 amide bonds. The second-order valence-corrected chi connectivity index (χ2v) is 5.15. The number of esters is 1. The van der Waals surface area contributed by atoms with E-state index in [1.54, 1.807) is 6.07 Å². The van der Waals surface area contributed by atoms with E-state index in [0.29, 0.717) is 24.7 Å². The van der Waals surface area contributed by atoms with Gasteiger partial charge in [-0.15, -0.1) is 0 Å². The molecule has 1 atom stereocenters. The minimum Gasteiger partial charge on any atom is -0.469 e. The lowest BCUT2D eigenvalue weighted by molar-refractivity contribution is -0.145. The fourth-order valence-corrected chi connectivity index (χ4v) is 2.43. The SMILES string of the molecule is COC(=O)CC1CN(Cc2ccc(F)cc2Cl)CCO1. The predicted molar refractivity (Wildman–Crippen MR) is 73.1 cm³/mol. The molecule has 1 fully saturated rings. The highest BCUT2D eigenvalue weighted by Gasteiger charge is 2.23. The van der Waals surface area contributed by atoms with Gasteiger partial charge in [0.05, 0.1) is 26.2 Å². The number of benzene rings is 1. The van der Waals surface area contributed by atoms with Crippen LogP contribution < -0.4 is 0 Å². The molecule has 1 saturated heterocycles. The minimum absolute atomic E-state index is 0.171. The number of carbonyl (C=O) groups excluding carboxylic acids is 1. The summed E-state index contributed by atoms with van der Waals surface area (Å²) in [4.78, 5) is 13.4. The lowest BCUT2D eigenvalue weighted by atomic mass is 10.1. The third-order valence-electron chi connectivity index (χ3n) is 3.25. The zero-order chi connectivity index (χ0) is 14.5. The van der Waals surface area contributed by atoms with Crippen LogP contribution >= 0.6 is 11.6 Å². The van der Waals surface area contributed by atoms with E-state index in [2.05, 4.69) is 9.64 Å². The highest BCUT2D eigenvalue weighted by Crippen LogP contribution is 2.20. The van der Waals surface area contributed by atoms with Gasteiger partial charge in [-0.25, -0.2) is 4.39 Å². The molecular weight excluding hydrogens is 285 g/mol. The van der Waals surface area contributed by atoms with Gasteiger partial charge in [-0.1, -0.05) is 17.7 Å². The quantitative estimate of drug-likeness (QED) is 0.800. The van der Waals surface area contributed by atoms with Gasteiger partial charge in [-0.05, 0) is 17.7 Å². The van der Waals surface area contributed by atoms with Crippen molar-refractivity contribution in [2.24, 2.45) is 0 Å². The predicted octanol–water partition coefficient (Wildman–Crippen LogP) is 2.24. The molecule has 0 spiro atoms. The van der Waals surface area contributed by atoms with Crippen LogP contribution in [-0.2, 0) is 20.8 Å². The van der Waals surface area contributed by atoms with Gasteiger partial charge in [0, 0.05) is 24.7 Å². The van der Waals surface area contributed by atoms with Gasteiger partial charge in [-0.3, -0.25) is 9.69 Å². The first-order chi connectivity index (χ1) is 9.58. The van der Waals surface area contributed by atoms with Gasteiger partial charge >= 0.3 is 5.97 Å². The Balaban J connectivity index is 1.94. The first kappa shape index (κ1) is 15.2. The van der Waals surface area contributed by atoms with Gasteiger partial charge in [0.15, 0.2) is 0 Å². The average Bonchev–Trinajstić information content (AvgIpc) is 2.42. The normalized spacial score (nSPS) is 19.9. The second kappa shape index (κ2) is 7.02. The summed E-state index contributed by atoms with van der Waals surface area (Å²) >= 11 is 6.02. The topological polar surface area (TPSA) is 38.8 Å². The van der Waals surface area contributed by atoms with Crippen LogP contribution in [0.3, 0.4) is 0 Å². The molecule has 1 aromatic carbocycles. The molecule has 0 radical (unpaired) electrons. The molecule has 6 heteroatoms. The molecule has 4 nitrogen and oxygen atoms in total. The summed E-state index contributed by atoms with van der Waals surface area (Å²) in [6, 6.07) is 4.39. The van der Waals surface area contributed by atoms with Gasteiger partial charge in [-0.2, -0.15) is 0 Å². The number of morpholine rings is 1. The first-order valence-corrected chi connectivity index (χ1v) is 6.81. The van der Waals surface area contributed by atoms with Crippen LogP contribution in [0.4, 0.5) is 4.39 Å². The number of halogens is 2. The lowest BCUT2D eigenvalue weighted by Crippen LogP contribution is -2.42. The Labute approximate surface area is 122 Å². The number of rotatable bonds is 4. The smallest absolute Gasteiger partial charge is 0.308 e. The van der Waals surface area contributed by atoms with E-state index in [0.717, 1.165) is 12.1 Å². The van der Waals surface area contributed by atoms with Gasteiger partial charge < -0.3 is 9.47 Å². The van der Waals surface area contributed by atoms with E-state index in [4.69, 9.17) is 16.3 Å². The van der Waals surface area contributed by atoms with E-state index in [9.17, 15) is 9.18 Å². The molecule has 0 aliphatic carbocycles. The van der Waals surface area contributed by atoms with Gasteiger partial charge in [0.2, 0.25) is 0 Å². The molecule has 1 unspecified atom stereocenters. The van der Waals surface area contributed by atoms with Crippen LogP contribution in [0.1, 0.15) is 12.0 Å². The van der Waals surface area contributed by atoms with Crippen molar-refractivity contribution in [1.29, 1.82) is 0 Å². The molecule has 110 valence electrons. The van der Waals surface area contributed by atoms with Gasteiger partial charge in [0.1, 0.15) is 5.82 Å². The van der Waals surface area contributed by atoms with Gasteiger partial charge in [0.25, 0.3) is 0 Å². The van der Waals surface area contributed by atoms with E-state index >= 15 is 0 Å². The Morgan fingerprint density at radius 2 is 2.40 bits per heavy atom. The Bertz CT molecular complexity index is 483. The van der Waals surface area contributed by atoms with Crippen LogP contribution in [0.15, 0.2) is 18.2 Å². The van der Waals surface area contributed by atoms with Crippen LogP contribution in [-0.4, -0.2) is 43.8 Å². The molecule has 1 aromatic rings. The van der Waals surface area contributed by atoms with E-state index in [-0.39, 0.29) is 24.3 Å². The molecule has 1 aliphatic rings. The highest BCUT2D eigenvalue weighted by molar-refractivity contribution is 6.31. The Morgan fingerprint density at radius 3 is 3.10 bits per heavy atom. The zero-order valence-electron chi connectivity index (χ0n) is 11.3. The highest BCUT2D eigenvalue weighted by atomic mass is 35.5. The lowest BCUT2D eigenvalue weighted by Gasteiger charge is -2.32. The van der Waals surface area contributed by atoms with Crippen molar-refractivity contribution in [3.8, 4) is 0 Å². The van der Waals surface area contributed by atoms with Crippen LogP contribution in [0.5, 0.6) is 0 Å². The molecule has 2 rings (SSSR count). The van der Waals surface area contributed by atoms with Crippen molar-refractivity contribution in [3.05, 3.63) is 34.6 Å². The Hall–Kier alpha value is -1.17. The number of methoxy groups -OCH3 is 1. The van der Waals surface area contributed by atoms with Crippen LogP contribution in [0, 0.1) is 5.82 Å². The molecule has 20 heavy (non-hydrogen) atoms. The molecular formula is C14H17ClFNO3. The minimum atomic E-state index is -0.343. The fraction of sp³-hybridized carbons (Fsp3) is 0.500. The van der Waals surface area contributed by atoms with Crippen LogP contribution in [0.25, 0.3) is 0 Å². The Morgan fingerprint density at radius 1 is 1.60 bits per heavy atom. The average molecular weight is 302 g/mol. The maximum Gasteiger partial charge on any atom is 0.308 e. The fourth-order valence-electron chi connectivity index (χ4n) is 2.21. The number of nitrogens with zero attached hydrogens (tertiary/aromatic N) is 1. The van der Waals surface area contributed by atoms with E-state index in [1.807, 2.05) is 0 Å². The van der Waals surface area contributed by atoms with E-state index < -0.39 is 0 Å². The summed E-state index contributed by atoms with van der Waals surface area (Å²) in [5.41, 5.74) is 0.867. The van der Waals surface area contributed by atoms with Crippen molar-refractivity contribution >= 4 is 17.6 Å². The van der Waals surface area contributed by atoms with E-state index in [1.165, 1.54) is 19.2 Å². The second-order valence-electron chi connectivity index (χ2n) is 4.74. The molecule has 0 N–H and O–H groups in total. The summed E-state index contributed by atoms with van der Waals surface area (Å²) in [6.07, 6.45) is 0.0693. The van der Waals surface area contributed by atoms with Crippen LogP contribution in [0.2, 0.25) is 5.02 Å². The molecule has 0 saturated carbocycles. The summed E-state index contributed by atoms with van der Waals surface area (Å²) in [5.74, 6) is -0.624. The molecule has 1 aliphatic heterocycles. The maximum atomic E-state index is 13.0. The summed E-state index contributed by atoms with van der Waals surface area (Å²) < 4.78 is 23.2.